The first-order valence-electron chi connectivity index (χ1n) is 6.21. The Morgan fingerprint density at radius 3 is 3.00 bits per heavy atom. The lowest BCUT2D eigenvalue weighted by molar-refractivity contribution is 0.116. The van der Waals surface area contributed by atoms with Gasteiger partial charge in [-0.15, -0.1) is 0 Å². The molecule has 2 unspecified atom stereocenters. The van der Waals surface area contributed by atoms with Crippen molar-refractivity contribution in [2.75, 3.05) is 53.6 Å². The van der Waals surface area contributed by atoms with E-state index < -0.39 is 0 Å². The van der Waals surface area contributed by atoms with Gasteiger partial charge >= 0.3 is 0 Å². The fourth-order valence-electron chi connectivity index (χ4n) is 1.89. The Morgan fingerprint density at radius 2 is 2.38 bits per heavy atom. The van der Waals surface area contributed by atoms with Gasteiger partial charge in [0.25, 0.3) is 0 Å². The maximum absolute atomic E-state index is 5.34. The van der Waals surface area contributed by atoms with E-state index in [0.29, 0.717) is 6.04 Å². The predicted molar refractivity (Wildman–Crippen MR) is 65.8 cm³/mol. The van der Waals surface area contributed by atoms with E-state index >= 15 is 0 Å². The summed E-state index contributed by atoms with van der Waals surface area (Å²) in [5, 5.41) is 3.49. The smallest absolute Gasteiger partial charge is 0.0615 e. The Labute approximate surface area is 99.3 Å². The minimum Gasteiger partial charge on any atom is -0.383 e. The number of methoxy groups -OCH3 is 1. The molecule has 1 aliphatic rings. The molecular formula is C12H26N2O2. The summed E-state index contributed by atoms with van der Waals surface area (Å²) in [6.45, 7) is 8.06. The molecule has 1 N–H and O–H groups in total. The van der Waals surface area contributed by atoms with E-state index in [0.717, 1.165) is 45.4 Å². The minimum absolute atomic E-state index is 0.488. The Morgan fingerprint density at radius 1 is 1.56 bits per heavy atom. The van der Waals surface area contributed by atoms with Crippen molar-refractivity contribution in [1.29, 1.82) is 0 Å². The number of rotatable bonds is 8. The number of ether oxygens (including phenoxy) is 2. The van der Waals surface area contributed by atoms with Crippen molar-refractivity contribution in [2.24, 2.45) is 5.92 Å². The second-order valence-corrected chi connectivity index (χ2v) is 4.72. The molecule has 2 atom stereocenters. The van der Waals surface area contributed by atoms with Gasteiger partial charge in [0.2, 0.25) is 0 Å². The molecular weight excluding hydrogens is 204 g/mol. The van der Waals surface area contributed by atoms with Crippen molar-refractivity contribution in [2.45, 2.75) is 19.4 Å². The van der Waals surface area contributed by atoms with Crippen LogP contribution in [0.4, 0.5) is 0 Å². The molecule has 1 rings (SSSR count). The standard InChI is InChI=1S/C12H26N2O2/c1-11(9-15-3)14(2)6-5-13-8-12-4-7-16-10-12/h11-13H,4-10H2,1-3H3. The third-order valence-electron chi connectivity index (χ3n) is 3.26. The van der Waals surface area contributed by atoms with Crippen molar-refractivity contribution >= 4 is 0 Å². The SMILES string of the molecule is COCC(C)N(C)CCNCC1CCOC1. The first kappa shape index (κ1) is 13.9. The molecule has 1 aliphatic heterocycles. The second kappa shape index (κ2) is 8.01. The molecule has 4 nitrogen and oxygen atoms in total. The van der Waals surface area contributed by atoms with Crippen molar-refractivity contribution in [1.82, 2.24) is 10.2 Å². The monoisotopic (exact) mass is 230 g/mol. The van der Waals surface area contributed by atoms with Crippen LogP contribution in [0.3, 0.4) is 0 Å². The van der Waals surface area contributed by atoms with Crippen LogP contribution < -0.4 is 5.32 Å². The highest BCUT2D eigenvalue weighted by Crippen LogP contribution is 2.10. The van der Waals surface area contributed by atoms with E-state index in [9.17, 15) is 0 Å². The van der Waals surface area contributed by atoms with Crippen LogP contribution in [0.2, 0.25) is 0 Å². The van der Waals surface area contributed by atoms with Crippen LogP contribution in [0.15, 0.2) is 0 Å². The largest absolute Gasteiger partial charge is 0.383 e. The molecule has 4 heteroatoms. The molecule has 0 saturated carbocycles. The zero-order valence-corrected chi connectivity index (χ0v) is 10.9. The first-order chi connectivity index (χ1) is 7.74. The number of hydrogen-bond acceptors (Lipinski definition) is 4. The van der Waals surface area contributed by atoms with Crippen molar-refractivity contribution in [3.63, 3.8) is 0 Å². The van der Waals surface area contributed by atoms with Crippen LogP contribution in [-0.2, 0) is 9.47 Å². The van der Waals surface area contributed by atoms with Crippen LogP contribution in [0.25, 0.3) is 0 Å². The van der Waals surface area contributed by atoms with Gasteiger partial charge in [-0.2, -0.15) is 0 Å². The number of nitrogens with one attached hydrogen (secondary N) is 1. The summed E-state index contributed by atoms with van der Waals surface area (Å²) in [5.41, 5.74) is 0. The molecule has 96 valence electrons. The molecule has 1 heterocycles. The number of likely N-dealkylation sites (N-methyl/N-ethyl adjacent to an activating group) is 1. The molecule has 0 radical (unpaired) electrons. The summed E-state index contributed by atoms with van der Waals surface area (Å²) in [6.07, 6.45) is 1.21. The van der Waals surface area contributed by atoms with Crippen molar-refractivity contribution < 1.29 is 9.47 Å². The lowest BCUT2D eigenvalue weighted by Gasteiger charge is -2.24. The quantitative estimate of drug-likeness (QED) is 0.619. The molecule has 0 aromatic heterocycles. The van der Waals surface area contributed by atoms with Gasteiger partial charge in [-0.25, -0.2) is 0 Å². The van der Waals surface area contributed by atoms with E-state index in [1.54, 1.807) is 7.11 Å². The fraction of sp³-hybridized carbons (Fsp3) is 1.00. The number of nitrogens with zero attached hydrogens (tertiary/aromatic N) is 1. The first-order valence-corrected chi connectivity index (χ1v) is 6.21. The molecule has 16 heavy (non-hydrogen) atoms. The molecule has 0 bridgehead atoms. The highest BCUT2D eigenvalue weighted by atomic mass is 16.5. The summed E-state index contributed by atoms with van der Waals surface area (Å²) < 4.78 is 10.5. The second-order valence-electron chi connectivity index (χ2n) is 4.72. The van der Waals surface area contributed by atoms with Gasteiger partial charge < -0.3 is 19.7 Å². The van der Waals surface area contributed by atoms with Crippen LogP contribution in [-0.4, -0.2) is 64.6 Å². The Kier molecular flexibility index (Phi) is 6.96. The molecule has 0 aliphatic carbocycles. The van der Waals surface area contributed by atoms with Gasteiger partial charge in [0.05, 0.1) is 13.2 Å². The van der Waals surface area contributed by atoms with Crippen LogP contribution in [0.1, 0.15) is 13.3 Å². The van der Waals surface area contributed by atoms with E-state index in [4.69, 9.17) is 9.47 Å². The molecule has 1 fully saturated rings. The van der Waals surface area contributed by atoms with Gasteiger partial charge in [-0.3, -0.25) is 0 Å². The molecule has 0 aromatic rings. The average Bonchev–Trinajstić information content (AvgIpc) is 2.77. The van der Waals surface area contributed by atoms with Gasteiger partial charge in [0.15, 0.2) is 0 Å². The highest BCUT2D eigenvalue weighted by molar-refractivity contribution is 4.68. The minimum atomic E-state index is 0.488. The normalized spacial score (nSPS) is 22.9. The maximum atomic E-state index is 5.34. The summed E-state index contributed by atoms with van der Waals surface area (Å²) in [5.74, 6) is 0.724. The van der Waals surface area contributed by atoms with Crippen LogP contribution in [0.5, 0.6) is 0 Å². The molecule has 0 aromatic carbocycles. The van der Waals surface area contributed by atoms with Crippen LogP contribution in [0, 0.1) is 5.92 Å². The maximum Gasteiger partial charge on any atom is 0.0615 e. The molecule has 1 saturated heterocycles. The Balaban J connectivity index is 1.97. The molecule has 0 amide bonds. The van der Waals surface area contributed by atoms with Gasteiger partial charge in [-0.05, 0) is 26.3 Å². The zero-order chi connectivity index (χ0) is 11.8. The van der Waals surface area contributed by atoms with E-state index in [-0.39, 0.29) is 0 Å². The summed E-state index contributed by atoms with van der Waals surface area (Å²) in [7, 11) is 3.90. The third-order valence-corrected chi connectivity index (χ3v) is 3.26. The Hall–Kier alpha value is -0.160. The van der Waals surface area contributed by atoms with Crippen molar-refractivity contribution in [3.8, 4) is 0 Å². The van der Waals surface area contributed by atoms with Gasteiger partial charge in [-0.1, -0.05) is 0 Å². The van der Waals surface area contributed by atoms with Crippen molar-refractivity contribution in [3.05, 3.63) is 0 Å². The van der Waals surface area contributed by atoms with Gasteiger partial charge in [0, 0.05) is 39.4 Å². The third kappa shape index (κ3) is 5.25. The van der Waals surface area contributed by atoms with Gasteiger partial charge in [0.1, 0.15) is 0 Å². The summed E-state index contributed by atoms with van der Waals surface area (Å²) in [4.78, 5) is 2.32. The van der Waals surface area contributed by atoms with Crippen LogP contribution >= 0.6 is 0 Å². The topological polar surface area (TPSA) is 33.7 Å². The van der Waals surface area contributed by atoms with E-state index in [1.165, 1.54) is 6.42 Å². The lowest BCUT2D eigenvalue weighted by Crippen LogP contribution is -2.38. The number of hydrogen-bond donors (Lipinski definition) is 1. The van der Waals surface area contributed by atoms with E-state index in [2.05, 4.69) is 24.2 Å². The fourth-order valence-corrected chi connectivity index (χ4v) is 1.89. The lowest BCUT2D eigenvalue weighted by atomic mass is 10.1. The van der Waals surface area contributed by atoms with E-state index in [1.807, 2.05) is 0 Å². The highest BCUT2D eigenvalue weighted by Gasteiger charge is 2.14. The average molecular weight is 230 g/mol. The summed E-state index contributed by atoms with van der Waals surface area (Å²) >= 11 is 0. The zero-order valence-electron chi connectivity index (χ0n) is 10.9. The predicted octanol–water partition coefficient (Wildman–Crippen LogP) is 0.579. The molecule has 0 spiro atoms. The summed E-state index contributed by atoms with van der Waals surface area (Å²) in [6, 6.07) is 0.488. The Bertz CT molecular complexity index is 172.